The first-order chi connectivity index (χ1) is 11.8. The number of ether oxygens (including phenoxy) is 1. The van der Waals surface area contributed by atoms with Crippen LogP contribution in [0.3, 0.4) is 0 Å². The van der Waals surface area contributed by atoms with Gasteiger partial charge in [0.25, 0.3) is 0 Å². The molecule has 4 aliphatic rings. The minimum Gasteiger partial charge on any atom is -0.462 e. The van der Waals surface area contributed by atoms with Crippen molar-refractivity contribution >= 4 is 5.97 Å². The highest BCUT2D eigenvalue weighted by molar-refractivity contribution is 5.89. The van der Waals surface area contributed by atoms with Gasteiger partial charge in [-0.05, 0) is 86.3 Å². The Bertz CT molecular complexity index is 630. The normalized spacial score (nSPS) is 33.5. The summed E-state index contributed by atoms with van der Waals surface area (Å²) in [5, 5.41) is 0. The highest BCUT2D eigenvalue weighted by Gasteiger charge is 2.50. The molecule has 4 saturated carbocycles. The van der Waals surface area contributed by atoms with Gasteiger partial charge in [0.05, 0.1) is 17.7 Å². The second-order valence-corrected chi connectivity index (χ2v) is 8.38. The van der Waals surface area contributed by atoms with Crippen LogP contribution < -0.4 is 0 Å². The van der Waals surface area contributed by atoms with Gasteiger partial charge in [-0.3, -0.25) is 0 Å². The second-order valence-electron chi connectivity index (χ2n) is 8.38. The number of esters is 1. The van der Waals surface area contributed by atoms with Gasteiger partial charge in [0.2, 0.25) is 0 Å². The molecule has 0 radical (unpaired) electrons. The number of carbonyl (C=O) groups is 1. The van der Waals surface area contributed by atoms with Crippen molar-refractivity contribution in [3.8, 4) is 0 Å². The van der Waals surface area contributed by atoms with E-state index in [9.17, 15) is 18.0 Å². The molecule has 0 saturated heterocycles. The quantitative estimate of drug-likeness (QED) is 0.672. The Morgan fingerprint density at radius 2 is 1.68 bits per heavy atom. The largest absolute Gasteiger partial charge is 0.462 e. The third kappa shape index (κ3) is 3.42. The molecule has 0 N–H and O–H groups in total. The van der Waals surface area contributed by atoms with Gasteiger partial charge in [0.1, 0.15) is 0 Å². The maximum atomic E-state index is 12.8. The van der Waals surface area contributed by atoms with Crippen LogP contribution in [0.25, 0.3) is 0 Å². The molecule has 5 heteroatoms. The maximum Gasteiger partial charge on any atom is 0.416 e. The standard InChI is InChI=1S/C20H23F3O2/c21-20(22,23)17-3-1-2-16(9-17)18(24)25-5-4-19-10-13-6-14(11-19)8-15(7-13)12-19/h1-3,9,13-15H,4-8,10-12H2. The molecule has 136 valence electrons. The number of carbonyl (C=O) groups excluding carboxylic acids is 1. The predicted octanol–water partition coefficient (Wildman–Crippen LogP) is 5.47. The highest BCUT2D eigenvalue weighted by atomic mass is 19.4. The van der Waals surface area contributed by atoms with Crippen molar-refractivity contribution < 1.29 is 22.7 Å². The van der Waals surface area contributed by atoms with E-state index in [4.69, 9.17) is 4.74 Å². The summed E-state index contributed by atoms with van der Waals surface area (Å²) >= 11 is 0. The molecule has 1 aromatic carbocycles. The lowest BCUT2D eigenvalue weighted by atomic mass is 9.49. The Kier molecular flexibility index (Phi) is 4.08. The third-order valence-corrected chi connectivity index (χ3v) is 6.46. The molecule has 4 aliphatic carbocycles. The van der Waals surface area contributed by atoms with Gasteiger partial charge in [0.15, 0.2) is 0 Å². The van der Waals surface area contributed by atoms with Gasteiger partial charge in [-0.2, -0.15) is 13.2 Å². The number of halogens is 3. The van der Waals surface area contributed by atoms with E-state index in [1.807, 2.05) is 0 Å². The number of hydrogen-bond donors (Lipinski definition) is 0. The molecule has 0 spiro atoms. The number of hydrogen-bond acceptors (Lipinski definition) is 2. The molecule has 5 rings (SSSR count). The van der Waals surface area contributed by atoms with Crippen molar-refractivity contribution in [2.24, 2.45) is 23.2 Å². The third-order valence-electron chi connectivity index (χ3n) is 6.46. The van der Waals surface area contributed by atoms with Crippen LogP contribution in [0.15, 0.2) is 24.3 Å². The lowest BCUT2D eigenvalue weighted by Crippen LogP contribution is -2.46. The van der Waals surface area contributed by atoms with Gasteiger partial charge in [-0.1, -0.05) is 6.07 Å². The van der Waals surface area contributed by atoms with Gasteiger partial charge in [-0.25, -0.2) is 4.79 Å². The minimum absolute atomic E-state index is 0.0275. The molecule has 0 atom stereocenters. The fraction of sp³-hybridized carbons (Fsp3) is 0.650. The lowest BCUT2D eigenvalue weighted by Gasteiger charge is -2.57. The second kappa shape index (κ2) is 6.03. The first-order valence-electron chi connectivity index (χ1n) is 9.17. The Balaban J connectivity index is 1.35. The summed E-state index contributed by atoms with van der Waals surface area (Å²) < 4.78 is 43.6. The summed E-state index contributed by atoms with van der Waals surface area (Å²) in [6.07, 6.45) is 4.20. The number of benzene rings is 1. The van der Waals surface area contributed by atoms with Gasteiger partial charge in [-0.15, -0.1) is 0 Å². The molecule has 0 unspecified atom stereocenters. The van der Waals surface area contributed by atoms with Crippen molar-refractivity contribution in [3.05, 3.63) is 35.4 Å². The molecule has 0 aromatic heterocycles. The van der Waals surface area contributed by atoms with Crippen molar-refractivity contribution in [3.63, 3.8) is 0 Å². The first kappa shape index (κ1) is 16.9. The average Bonchev–Trinajstić information content (AvgIpc) is 2.52. The van der Waals surface area contributed by atoms with Crippen LogP contribution >= 0.6 is 0 Å². The molecule has 0 aliphatic heterocycles. The Hall–Kier alpha value is -1.52. The summed E-state index contributed by atoms with van der Waals surface area (Å²) in [4.78, 5) is 12.1. The fourth-order valence-corrected chi connectivity index (χ4v) is 5.86. The van der Waals surface area contributed by atoms with E-state index >= 15 is 0 Å². The van der Waals surface area contributed by atoms with Crippen molar-refractivity contribution in [1.29, 1.82) is 0 Å². The van der Waals surface area contributed by atoms with Gasteiger partial charge < -0.3 is 4.74 Å². The topological polar surface area (TPSA) is 26.3 Å². The van der Waals surface area contributed by atoms with E-state index in [0.29, 0.717) is 12.0 Å². The fourth-order valence-electron chi connectivity index (χ4n) is 5.86. The molecule has 0 amide bonds. The molecule has 1 aromatic rings. The van der Waals surface area contributed by atoms with Crippen LogP contribution in [-0.4, -0.2) is 12.6 Å². The highest BCUT2D eigenvalue weighted by Crippen LogP contribution is 2.61. The summed E-state index contributed by atoms with van der Waals surface area (Å²) in [6.45, 7) is 0.307. The van der Waals surface area contributed by atoms with Crippen LogP contribution in [0.2, 0.25) is 0 Å². The molecule has 25 heavy (non-hydrogen) atoms. The number of alkyl halides is 3. The van der Waals surface area contributed by atoms with Crippen LogP contribution in [0.1, 0.15) is 60.9 Å². The minimum atomic E-state index is -4.45. The molecule has 4 fully saturated rings. The van der Waals surface area contributed by atoms with Crippen LogP contribution in [0.4, 0.5) is 13.2 Å². The molecule has 0 heterocycles. The van der Waals surface area contributed by atoms with Crippen LogP contribution in [0, 0.1) is 23.2 Å². The smallest absolute Gasteiger partial charge is 0.416 e. The maximum absolute atomic E-state index is 12.8. The molecular formula is C20H23F3O2. The van der Waals surface area contributed by atoms with E-state index in [1.165, 1.54) is 50.7 Å². The lowest BCUT2D eigenvalue weighted by molar-refractivity contribution is -0.137. The molecule has 2 nitrogen and oxygen atoms in total. The summed E-state index contributed by atoms with van der Waals surface area (Å²) in [7, 11) is 0. The zero-order chi connectivity index (χ0) is 17.7. The Morgan fingerprint density at radius 3 is 2.24 bits per heavy atom. The van der Waals surface area contributed by atoms with Gasteiger partial charge in [0, 0.05) is 0 Å². The van der Waals surface area contributed by atoms with Crippen LogP contribution in [-0.2, 0) is 10.9 Å². The summed E-state index contributed by atoms with van der Waals surface area (Å²) in [6, 6.07) is 4.46. The summed E-state index contributed by atoms with van der Waals surface area (Å²) in [5.74, 6) is 1.86. The SMILES string of the molecule is O=C(OCCC12CC3CC(CC(C3)C1)C2)c1cccc(C(F)(F)F)c1. The summed E-state index contributed by atoms with van der Waals surface area (Å²) in [5.41, 5.74) is -0.536. The van der Waals surface area contributed by atoms with E-state index in [1.54, 1.807) is 0 Å². The van der Waals surface area contributed by atoms with Crippen molar-refractivity contribution in [2.45, 2.75) is 51.1 Å². The Labute approximate surface area is 145 Å². The molecular weight excluding hydrogens is 329 g/mol. The van der Waals surface area contributed by atoms with E-state index in [2.05, 4.69) is 0 Å². The van der Waals surface area contributed by atoms with Crippen LogP contribution in [0.5, 0.6) is 0 Å². The van der Waals surface area contributed by atoms with E-state index in [-0.39, 0.29) is 5.56 Å². The Morgan fingerprint density at radius 1 is 1.08 bits per heavy atom. The monoisotopic (exact) mass is 352 g/mol. The van der Waals surface area contributed by atoms with Crippen molar-refractivity contribution in [2.75, 3.05) is 6.61 Å². The predicted molar refractivity (Wildman–Crippen MR) is 86.9 cm³/mol. The number of rotatable bonds is 4. The van der Waals surface area contributed by atoms with Crippen molar-refractivity contribution in [1.82, 2.24) is 0 Å². The average molecular weight is 352 g/mol. The van der Waals surface area contributed by atoms with E-state index in [0.717, 1.165) is 36.3 Å². The van der Waals surface area contributed by atoms with E-state index < -0.39 is 17.7 Å². The zero-order valence-corrected chi connectivity index (χ0v) is 14.1. The zero-order valence-electron chi connectivity index (χ0n) is 14.1. The molecule has 4 bridgehead atoms. The first-order valence-corrected chi connectivity index (χ1v) is 9.17. The van der Waals surface area contributed by atoms with Gasteiger partial charge >= 0.3 is 12.1 Å².